The van der Waals surface area contributed by atoms with Crippen LogP contribution in [-0.2, 0) is 11.3 Å². The van der Waals surface area contributed by atoms with Gasteiger partial charge in [0.15, 0.2) is 0 Å². The van der Waals surface area contributed by atoms with E-state index in [1.807, 2.05) is 38.1 Å². The Morgan fingerprint density at radius 2 is 1.85 bits per heavy atom. The molecule has 2 rings (SSSR count). The van der Waals surface area contributed by atoms with E-state index in [-0.39, 0.29) is 17.9 Å². The van der Waals surface area contributed by atoms with E-state index in [2.05, 4.69) is 16.0 Å². The molecule has 0 fully saturated rings. The second-order valence-electron chi connectivity index (χ2n) is 6.46. The van der Waals surface area contributed by atoms with Gasteiger partial charge in [-0.2, -0.15) is 0 Å². The Bertz CT molecular complexity index is 762. The molecular weight excluding hydrogens is 362 g/mol. The summed E-state index contributed by atoms with van der Waals surface area (Å²) in [6.45, 7) is 5.27. The molecule has 0 bridgehead atoms. The van der Waals surface area contributed by atoms with E-state index in [9.17, 15) is 9.59 Å². The average molecular weight is 388 g/mol. The predicted molar refractivity (Wildman–Crippen MR) is 110 cm³/mol. The molecule has 2 amide bonds. The minimum absolute atomic E-state index is 0.0563. The first-order valence-electron chi connectivity index (χ1n) is 9.14. The van der Waals surface area contributed by atoms with Gasteiger partial charge in [0.2, 0.25) is 5.91 Å². The highest BCUT2D eigenvalue weighted by atomic mass is 35.5. The number of nitrogens with one attached hydrogen (secondary N) is 3. The number of benzene rings is 2. The molecule has 3 N–H and O–H groups in total. The maximum atomic E-state index is 12.3. The van der Waals surface area contributed by atoms with Gasteiger partial charge in [-0.3, -0.25) is 9.59 Å². The van der Waals surface area contributed by atoms with E-state index in [0.29, 0.717) is 30.1 Å². The Hall–Kier alpha value is -2.37. The van der Waals surface area contributed by atoms with Gasteiger partial charge in [-0.05, 0) is 55.3 Å². The highest BCUT2D eigenvalue weighted by Gasteiger charge is 2.07. The van der Waals surface area contributed by atoms with Gasteiger partial charge in [-0.1, -0.05) is 30.7 Å². The molecular formula is C21H26ClN3O2. The van der Waals surface area contributed by atoms with Crippen LogP contribution in [0.3, 0.4) is 0 Å². The molecule has 0 aliphatic heterocycles. The molecule has 2 aromatic carbocycles. The normalized spacial score (nSPS) is 11.7. The van der Waals surface area contributed by atoms with E-state index in [1.54, 1.807) is 24.3 Å². The van der Waals surface area contributed by atoms with E-state index in [1.165, 1.54) is 0 Å². The average Bonchev–Trinajstić information content (AvgIpc) is 2.66. The topological polar surface area (TPSA) is 70.2 Å². The third-order valence-electron chi connectivity index (χ3n) is 4.17. The second-order valence-corrected chi connectivity index (χ2v) is 6.90. The van der Waals surface area contributed by atoms with Crippen molar-refractivity contribution in [1.82, 2.24) is 10.6 Å². The first-order valence-corrected chi connectivity index (χ1v) is 9.51. The van der Waals surface area contributed by atoms with Crippen molar-refractivity contribution >= 4 is 29.1 Å². The van der Waals surface area contributed by atoms with Crippen LogP contribution in [0.15, 0.2) is 48.5 Å². The fourth-order valence-corrected chi connectivity index (χ4v) is 2.57. The summed E-state index contributed by atoms with van der Waals surface area (Å²) in [5.41, 5.74) is 2.31. The molecule has 27 heavy (non-hydrogen) atoms. The summed E-state index contributed by atoms with van der Waals surface area (Å²) in [6.07, 6.45) is 1.37. The number of rotatable bonds is 9. The molecule has 0 aromatic heterocycles. The zero-order valence-corrected chi connectivity index (χ0v) is 16.5. The van der Waals surface area contributed by atoms with E-state index < -0.39 is 0 Å². The fraction of sp³-hybridized carbons (Fsp3) is 0.333. The van der Waals surface area contributed by atoms with Crippen LogP contribution in [0.5, 0.6) is 0 Å². The van der Waals surface area contributed by atoms with Gasteiger partial charge in [-0.15, -0.1) is 0 Å². The third kappa shape index (κ3) is 7.41. The van der Waals surface area contributed by atoms with Crippen LogP contribution >= 0.6 is 11.6 Å². The number of halogens is 1. The number of amides is 2. The van der Waals surface area contributed by atoms with Gasteiger partial charge in [0.05, 0.1) is 0 Å². The fourth-order valence-electron chi connectivity index (χ4n) is 2.45. The predicted octanol–water partition coefficient (Wildman–Crippen LogP) is 3.99. The lowest BCUT2D eigenvalue weighted by Crippen LogP contribution is -2.33. The molecule has 0 heterocycles. The molecule has 0 aliphatic rings. The van der Waals surface area contributed by atoms with Gasteiger partial charge in [0.25, 0.3) is 5.91 Å². The van der Waals surface area contributed by atoms with Crippen molar-refractivity contribution in [1.29, 1.82) is 0 Å². The van der Waals surface area contributed by atoms with E-state index in [0.717, 1.165) is 17.7 Å². The molecule has 0 saturated heterocycles. The number of carbonyl (C=O) groups is 2. The summed E-state index contributed by atoms with van der Waals surface area (Å²) in [7, 11) is 0. The molecule has 1 atom stereocenters. The van der Waals surface area contributed by atoms with Gasteiger partial charge >= 0.3 is 0 Å². The van der Waals surface area contributed by atoms with Crippen LogP contribution in [0.1, 0.15) is 42.6 Å². The number of hydrogen-bond donors (Lipinski definition) is 3. The zero-order valence-electron chi connectivity index (χ0n) is 15.7. The number of anilines is 1. The Balaban J connectivity index is 1.80. The molecule has 0 saturated carbocycles. The quantitative estimate of drug-likeness (QED) is 0.570. The maximum Gasteiger partial charge on any atom is 0.255 e. The lowest BCUT2D eigenvalue weighted by Gasteiger charge is -2.12. The van der Waals surface area contributed by atoms with Crippen LogP contribution in [0, 0.1) is 0 Å². The van der Waals surface area contributed by atoms with E-state index >= 15 is 0 Å². The van der Waals surface area contributed by atoms with Crippen molar-refractivity contribution in [2.75, 3.05) is 11.9 Å². The number of carbonyl (C=O) groups excluding carboxylic acids is 2. The molecule has 2 aromatic rings. The highest BCUT2D eigenvalue weighted by Crippen LogP contribution is 2.14. The minimum atomic E-state index is -0.182. The molecule has 1 unspecified atom stereocenters. The van der Waals surface area contributed by atoms with Crippen molar-refractivity contribution in [3.8, 4) is 0 Å². The van der Waals surface area contributed by atoms with Crippen LogP contribution in [0.2, 0.25) is 5.02 Å². The van der Waals surface area contributed by atoms with Crippen LogP contribution < -0.4 is 16.0 Å². The van der Waals surface area contributed by atoms with Gasteiger partial charge in [0.1, 0.15) is 0 Å². The maximum absolute atomic E-state index is 12.3. The van der Waals surface area contributed by atoms with Gasteiger partial charge in [-0.25, -0.2) is 0 Å². The first kappa shape index (κ1) is 20.9. The SMILES string of the molecule is CCC(C)NC(=O)CCNCc1cccc(NC(=O)c2ccc(Cl)cc2)c1. The van der Waals surface area contributed by atoms with E-state index in [4.69, 9.17) is 11.6 Å². The van der Waals surface area contributed by atoms with Crippen molar-refractivity contribution < 1.29 is 9.59 Å². The highest BCUT2D eigenvalue weighted by molar-refractivity contribution is 6.30. The van der Waals surface area contributed by atoms with Crippen molar-refractivity contribution in [2.24, 2.45) is 0 Å². The Labute approximate surface area is 165 Å². The summed E-state index contributed by atoms with van der Waals surface area (Å²) in [5.74, 6) is -0.126. The summed E-state index contributed by atoms with van der Waals surface area (Å²) in [6, 6.07) is 14.6. The first-order chi connectivity index (χ1) is 13.0. The van der Waals surface area contributed by atoms with Crippen LogP contribution in [-0.4, -0.2) is 24.4 Å². The summed E-state index contributed by atoms with van der Waals surface area (Å²) in [4.78, 5) is 24.0. The van der Waals surface area contributed by atoms with Crippen molar-refractivity contribution in [3.05, 3.63) is 64.7 Å². The second kappa shape index (κ2) is 10.7. The van der Waals surface area contributed by atoms with Crippen LogP contribution in [0.25, 0.3) is 0 Å². The lowest BCUT2D eigenvalue weighted by molar-refractivity contribution is -0.121. The third-order valence-corrected chi connectivity index (χ3v) is 4.42. The number of hydrogen-bond acceptors (Lipinski definition) is 3. The summed E-state index contributed by atoms with van der Waals surface area (Å²) in [5, 5.41) is 9.67. The Kier molecular flexibility index (Phi) is 8.30. The monoisotopic (exact) mass is 387 g/mol. The molecule has 5 nitrogen and oxygen atoms in total. The zero-order chi connectivity index (χ0) is 19.6. The lowest BCUT2D eigenvalue weighted by atomic mass is 10.1. The smallest absolute Gasteiger partial charge is 0.255 e. The molecule has 0 spiro atoms. The van der Waals surface area contributed by atoms with Crippen molar-refractivity contribution in [2.45, 2.75) is 39.3 Å². The standard InChI is InChI=1S/C21H26ClN3O2/c1-3-15(2)24-20(26)11-12-23-14-16-5-4-6-19(13-16)25-21(27)17-7-9-18(22)10-8-17/h4-10,13,15,23H,3,11-12,14H2,1-2H3,(H,24,26)(H,25,27). The molecule has 0 radical (unpaired) electrons. The largest absolute Gasteiger partial charge is 0.354 e. The molecule has 6 heteroatoms. The molecule has 144 valence electrons. The summed E-state index contributed by atoms with van der Waals surface area (Å²) < 4.78 is 0. The molecule has 0 aliphatic carbocycles. The van der Waals surface area contributed by atoms with Crippen molar-refractivity contribution in [3.63, 3.8) is 0 Å². The Morgan fingerprint density at radius 3 is 2.56 bits per heavy atom. The van der Waals surface area contributed by atoms with Crippen LogP contribution in [0.4, 0.5) is 5.69 Å². The van der Waals surface area contributed by atoms with Gasteiger partial charge in [0, 0.05) is 41.8 Å². The van der Waals surface area contributed by atoms with Gasteiger partial charge < -0.3 is 16.0 Å². The Morgan fingerprint density at radius 1 is 1.11 bits per heavy atom. The summed E-state index contributed by atoms with van der Waals surface area (Å²) >= 11 is 5.85. The minimum Gasteiger partial charge on any atom is -0.354 e.